The first-order valence-corrected chi connectivity index (χ1v) is 10.3. The maximum Gasteiger partial charge on any atom is 0.340 e. The average Bonchev–Trinajstić information content (AvgIpc) is 3.30. The van der Waals surface area contributed by atoms with E-state index in [1.807, 2.05) is 22.9 Å². The Kier molecular flexibility index (Phi) is 5.24. The standard InChI is InChI=1S/C22H21FN2O3S/c1-14-11-19(15(2)25(14)18-5-3-17(23)4-6-18)22(27)28-13-21(26)24-9-7-20-16(12-24)8-10-29-20/h3-6,8,10-11H,7,9,12-13H2,1-2H3. The number of halogens is 1. The number of carbonyl (C=O) groups excluding carboxylic acids is 2. The van der Waals surface area contributed by atoms with Gasteiger partial charge in [-0.05, 0) is 67.6 Å². The van der Waals surface area contributed by atoms with E-state index in [-0.39, 0.29) is 18.3 Å². The van der Waals surface area contributed by atoms with Crippen LogP contribution in [0.25, 0.3) is 5.69 Å². The summed E-state index contributed by atoms with van der Waals surface area (Å²) < 4.78 is 20.4. The van der Waals surface area contributed by atoms with Crippen LogP contribution in [-0.4, -0.2) is 34.5 Å². The van der Waals surface area contributed by atoms with Crippen LogP contribution in [0, 0.1) is 19.7 Å². The predicted octanol–water partition coefficient (Wildman–Crippen LogP) is 4.04. The van der Waals surface area contributed by atoms with E-state index in [2.05, 4.69) is 0 Å². The molecule has 5 nitrogen and oxygen atoms in total. The summed E-state index contributed by atoms with van der Waals surface area (Å²) in [6.45, 7) is 4.59. The fraction of sp³-hybridized carbons (Fsp3) is 0.273. The van der Waals surface area contributed by atoms with Crippen molar-refractivity contribution in [1.82, 2.24) is 9.47 Å². The van der Waals surface area contributed by atoms with Crippen LogP contribution >= 0.6 is 11.3 Å². The van der Waals surface area contributed by atoms with Crippen molar-refractivity contribution in [2.24, 2.45) is 0 Å². The molecule has 1 aliphatic rings. The number of hydrogen-bond donors (Lipinski definition) is 0. The van der Waals surface area contributed by atoms with Crippen molar-refractivity contribution in [1.29, 1.82) is 0 Å². The van der Waals surface area contributed by atoms with Gasteiger partial charge in [0.15, 0.2) is 6.61 Å². The van der Waals surface area contributed by atoms with Crippen LogP contribution in [0.5, 0.6) is 0 Å². The van der Waals surface area contributed by atoms with Crippen molar-refractivity contribution in [3.8, 4) is 5.69 Å². The van der Waals surface area contributed by atoms with Gasteiger partial charge in [-0.2, -0.15) is 0 Å². The Balaban J connectivity index is 1.43. The third-order valence-corrected chi connectivity index (χ3v) is 6.25. The minimum Gasteiger partial charge on any atom is -0.452 e. The minimum absolute atomic E-state index is 0.192. The average molecular weight is 412 g/mol. The molecule has 0 saturated heterocycles. The number of carbonyl (C=O) groups is 2. The number of rotatable bonds is 4. The van der Waals surface area contributed by atoms with Gasteiger partial charge in [0.05, 0.1) is 5.56 Å². The molecule has 0 N–H and O–H groups in total. The molecule has 2 aromatic heterocycles. The first-order chi connectivity index (χ1) is 13.9. The zero-order valence-electron chi connectivity index (χ0n) is 16.3. The van der Waals surface area contributed by atoms with Gasteiger partial charge in [0.1, 0.15) is 5.82 Å². The van der Waals surface area contributed by atoms with E-state index in [1.54, 1.807) is 41.4 Å². The third kappa shape index (κ3) is 3.82. The van der Waals surface area contributed by atoms with E-state index in [0.717, 1.165) is 17.8 Å². The SMILES string of the molecule is Cc1cc(C(=O)OCC(=O)N2CCc3sccc3C2)c(C)n1-c1ccc(F)cc1. The second-order valence-corrected chi connectivity index (χ2v) is 8.11. The lowest BCUT2D eigenvalue weighted by molar-refractivity contribution is -0.135. The fourth-order valence-corrected chi connectivity index (χ4v) is 4.60. The van der Waals surface area contributed by atoms with Gasteiger partial charge in [-0.15, -0.1) is 11.3 Å². The van der Waals surface area contributed by atoms with Gasteiger partial charge in [0.2, 0.25) is 0 Å². The van der Waals surface area contributed by atoms with E-state index in [9.17, 15) is 14.0 Å². The third-order valence-electron chi connectivity index (χ3n) is 5.22. The van der Waals surface area contributed by atoms with Gasteiger partial charge < -0.3 is 14.2 Å². The first-order valence-electron chi connectivity index (χ1n) is 9.39. The molecular formula is C22H21FN2O3S. The van der Waals surface area contributed by atoms with Crippen LogP contribution in [-0.2, 0) is 22.5 Å². The highest BCUT2D eigenvalue weighted by molar-refractivity contribution is 7.10. The van der Waals surface area contributed by atoms with Crippen LogP contribution < -0.4 is 0 Å². The molecule has 1 aromatic carbocycles. The number of benzene rings is 1. The molecule has 0 unspecified atom stereocenters. The molecule has 1 aliphatic heterocycles. The Morgan fingerprint density at radius 2 is 1.93 bits per heavy atom. The molecule has 0 saturated carbocycles. The predicted molar refractivity (Wildman–Crippen MR) is 109 cm³/mol. The highest BCUT2D eigenvalue weighted by atomic mass is 32.1. The van der Waals surface area contributed by atoms with Gasteiger partial charge in [-0.3, -0.25) is 4.79 Å². The van der Waals surface area contributed by atoms with E-state index in [4.69, 9.17) is 4.74 Å². The van der Waals surface area contributed by atoms with E-state index in [1.165, 1.54) is 22.6 Å². The molecule has 0 bridgehead atoms. The van der Waals surface area contributed by atoms with E-state index < -0.39 is 5.97 Å². The number of thiophene rings is 1. The highest BCUT2D eigenvalue weighted by Crippen LogP contribution is 2.24. The lowest BCUT2D eigenvalue weighted by Crippen LogP contribution is -2.38. The molecule has 1 amide bonds. The molecule has 3 heterocycles. The summed E-state index contributed by atoms with van der Waals surface area (Å²) in [5, 5.41) is 2.04. The number of amides is 1. The number of aryl methyl sites for hydroxylation is 1. The Morgan fingerprint density at radius 3 is 2.69 bits per heavy atom. The molecule has 0 spiro atoms. The lowest BCUT2D eigenvalue weighted by Gasteiger charge is -2.26. The topological polar surface area (TPSA) is 51.5 Å². The van der Waals surface area contributed by atoms with Crippen molar-refractivity contribution in [2.75, 3.05) is 13.2 Å². The smallest absolute Gasteiger partial charge is 0.340 e. The fourth-order valence-electron chi connectivity index (χ4n) is 3.71. The van der Waals surface area contributed by atoms with Crippen LogP contribution in [0.15, 0.2) is 41.8 Å². The molecule has 3 aromatic rings. The quantitative estimate of drug-likeness (QED) is 0.608. The van der Waals surface area contributed by atoms with Crippen molar-refractivity contribution < 1.29 is 18.7 Å². The molecule has 0 radical (unpaired) electrons. The van der Waals surface area contributed by atoms with Gasteiger partial charge >= 0.3 is 5.97 Å². The monoisotopic (exact) mass is 412 g/mol. The highest BCUT2D eigenvalue weighted by Gasteiger charge is 2.24. The lowest BCUT2D eigenvalue weighted by atomic mass is 10.1. The summed E-state index contributed by atoms with van der Waals surface area (Å²) in [7, 11) is 0. The zero-order valence-corrected chi connectivity index (χ0v) is 17.1. The minimum atomic E-state index is -0.534. The van der Waals surface area contributed by atoms with Crippen molar-refractivity contribution in [3.05, 3.63) is 75.0 Å². The van der Waals surface area contributed by atoms with Gasteiger partial charge in [-0.1, -0.05) is 0 Å². The molecule has 150 valence electrons. The molecule has 0 aliphatic carbocycles. The summed E-state index contributed by atoms with van der Waals surface area (Å²) in [6.07, 6.45) is 0.839. The molecular weight excluding hydrogens is 391 g/mol. The van der Waals surface area contributed by atoms with Gasteiger partial charge in [0, 0.05) is 35.0 Å². The van der Waals surface area contributed by atoms with Crippen molar-refractivity contribution in [3.63, 3.8) is 0 Å². The number of nitrogens with zero attached hydrogens (tertiary/aromatic N) is 2. The number of fused-ring (bicyclic) bond motifs is 1. The largest absolute Gasteiger partial charge is 0.452 e. The maximum absolute atomic E-state index is 13.2. The number of hydrogen-bond acceptors (Lipinski definition) is 4. The van der Waals surface area contributed by atoms with Crippen molar-refractivity contribution in [2.45, 2.75) is 26.8 Å². The second kappa shape index (κ2) is 7.83. The van der Waals surface area contributed by atoms with Gasteiger partial charge in [0.25, 0.3) is 5.91 Å². The number of ether oxygens (including phenoxy) is 1. The van der Waals surface area contributed by atoms with Crippen molar-refractivity contribution >= 4 is 23.2 Å². The number of aromatic nitrogens is 1. The van der Waals surface area contributed by atoms with E-state index in [0.29, 0.717) is 24.3 Å². The molecule has 7 heteroatoms. The normalized spacial score (nSPS) is 13.3. The summed E-state index contributed by atoms with van der Waals surface area (Å²) in [6, 6.07) is 9.83. The molecule has 29 heavy (non-hydrogen) atoms. The van der Waals surface area contributed by atoms with Crippen LogP contribution in [0.4, 0.5) is 4.39 Å². The van der Waals surface area contributed by atoms with Crippen LogP contribution in [0.3, 0.4) is 0 Å². The number of esters is 1. The van der Waals surface area contributed by atoms with Crippen LogP contribution in [0.2, 0.25) is 0 Å². The maximum atomic E-state index is 13.2. The second-order valence-electron chi connectivity index (χ2n) is 7.11. The Labute approximate surface area is 172 Å². The molecule has 4 rings (SSSR count). The Hall–Kier alpha value is -2.93. The summed E-state index contributed by atoms with van der Waals surface area (Å²) in [5.41, 5.74) is 3.85. The molecule has 0 fully saturated rings. The van der Waals surface area contributed by atoms with Gasteiger partial charge in [-0.25, -0.2) is 9.18 Å². The Morgan fingerprint density at radius 1 is 1.17 bits per heavy atom. The summed E-state index contributed by atoms with van der Waals surface area (Å²) >= 11 is 1.71. The zero-order chi connectivity index (χ0) is 20.5. The first kappa shape index (κ1) is 19.4. The van der Waals surface area contributed by atoms with E-state index >= 15 is 0 Å². The summed E-state index contributed by atoms with van der Waals surface area (Å²) in [4.78, 5) is 28.1. The van der Waals surface area contributed by atoms with Crippen LogP contribution in [0.1, 0.15) is 32.2 Å². The summed E-state index contributed by atoms with van der Waals surface area (Å²) in [5.74, 6) is -1.04. The molecule has 0 atom stereocenters. The Bertz CT molecular complexity index is 1070.